The van der Waals surface area contributed by atoms with Crippen molar-refractivity contribution in [1.29, 1.82) is 0 Å². The molecular weight excluding hydrogens is 329 g/mol. The minimum absolute atomic E-state index is 0.338. The third-order valence-electron chi connectivity index (χ3n) is 2.89. The summed E-state index contributed by atoms with van der Waals surface area (Å²) >= 11 is 13.4. The average molecular weight is 344 g/mol. The molecule has 2 rings (SSSR count). The van der Waals surface area contributed by atoms with Crippen molar-refractivity contribution < 1.29 is 9.53 Å². The van der Waals surface area contributed by atoms with E-state index in [4.69, 9.17) is 27.9 Å². The van der Waals surface area contributed by atoms with Gasteiger partial charge in [0.05, 0.1) is 27.9 Å². The maximum atomic E-state index is 12.0. The number of ether oxygens (including phenoxy) is 1. The highest BCUT2D eigenvalue weighted by atomic mass is 35.5. The van der Waals surface area contributed by atoms with Crippen molar-refractivity contribution in [2.75, 3.05) is 6.61 Å². The molecule has 0 atom stereocenters. The Morgan fingerprint density at radius 1 is 1.33 bits per heavy atom. The lowest BCUT2D eigenvalue weighted by atomic mass is 10.1. The number of carbonyl (C=O) groups is 1. The quantitative estimate of drug-likeness (QED) is 0.696. The van der Waals surface area contributed by atoms with Crippen LogP contribution in [0.4, 0.5) is 0 Å². The van der Waals surface area contributed by atoms with Gasteiger partial charge in [0, 0.05) is 5.56 Å². The van der Waals surface area contributed by atoms with E-state index in [0.29, 0.717) is 27.3 Å². The van der Waals surface area contributed by atoms with Crippen molar-refractivity contribution in [3.05, 3.63) is 38.1 Å². The Kier molecular flexibility index (Phi) is 5.62. The third kappa shape index (κ3) is 3.76. The number of carbonyl (C=O) groups excluding carboxylic acids is 1. The summed E-state index contributed by atoms with van der Waals surface area (Å²) in [5.41, 5.74) is 2.76. The molecule has 2 heterocycles. The highest BCUT2D eigenvalue weighted by molar-refractivity contribution is 7.20. The van der Waals surface area contributed by atoms with E-state index in [-0.39, 0.29) is 5.97 Å². The van der Waals surface area contributed by atoms with Gasteiger partial charge in [-0.05, 0) is 31.5 Å². The molecule has 2 aromatic rings. The van der Waals surface area contributed by atoms with E-state index in [1.54, 1.807) is 25.1 Å². The van der Waals surface area contributed by atoms with Crippen molar-refractivity contribution in [1.82, 2.24) is 4.98 Å². The Morgan fingerprint density at radius 3 is 2.67 bits per heavy atom. The minimum atomic E-state index is -0.338. The molecule has 0 radical (unpaired) electrons. The maximum Gasteiger partial charge on any atom is 0.339 e. The second-order valence-corrected chi connectivity index (χ2v) is 6.68. The monoisotopic (exact) mass is 343 g/mol. The molecule has 0 N–H and O–H groups in total. The van der Waals surface area contributed by atoms with Gasteiger partial charge in [0.25, 0.3) is 0 Å². The fourth-order valence-corrected chi connectivity index (χ4v) is 3.47. The van der Waals surface area contributed by atoms with Crippen LogP contribution in [0.15, 0.2) is 18.2 Å². The van der Waals surface area contributed by atoms with Gasteiger partial charge < -0.3 is 4.74 Å². The number of nitrogens with zero attached hydrogens (tertiary/aromatic N) is 1. The number of pyridine rings is 1. The second-order valence-electron chi connectivity index (χ2n) is 4.40. The van der Waals surface area contributed by atoms with Gasteiger partial charge in [0.2, 0.25) is 0 Å². The summed E-state index contributed by atoms with van der Waals surface area (Å²) in [4.78, 5) is 16.5. The van der Waals surface area contributed by atoms with Gasteiger partial charge in [0.1, 0.15) is 4.34 Å². The van der Waals surface area contributed by atoms with E-state index in [1.807, 2.05) is 6.92 Å². The number of aromatic nitrogens is 1. The number of rotatable bonds is 5. The summed E-state index contributed by atoms with van der Waals surface area (Å²) in [5.74, 6) is -0.338. The smallest absolute Gasteiger partial charge is 0.339 e. The lowest BCUT2D eigenvalue weighted by molar-refractivity contribution is 0.0524. The Bertz CT molecular complexity index is 655. The first-order chi connectivity index (χ1) is 10.1. The zero-order chi connectivity index (χ0) is 15.4. The summed E-state index contributed by atoms with van der Waals surface area (Å²) < 4.78 is 6.27. The molecule has 21 heavy (non-hydrogen) atoms. The predicted octanol–water partition coefficient (Wildman–Crippen LogP) is 5.25. The molecule has 2 aromatic heterocycles. The second kappa shape index (κ2) is 7.25. The average Bonchev–Trinajstić information content (AvgIpc) is 2.78. The van der Waals surface area contributed by atoms with Gasteiger partial charge >= 0.3 is 5.97 Å². The predicted molar refractivity (Wildman–Crippen MR) is 87.5 cm³/mol. The largest absolute Gasteiger partial charge is 0.462 e. The van der Waals surface area contributed by atoms with E-state index < -0.39 is 0 Å². The van der Waals surface area contributed by atoms with Crippen LogP contribution in [0.3, 0.4) is 0 Å². The van der Waals surface area contributed by atoms with Crippen molar-refractivity contribution in [2.45, 2.75) is 26.7 Å². The number of aryl methyl sites for hydroxylation is 1. The summed E-state index contributed by atoms with van der Waals surface area (Å²) in [7, 11) is 0. The fraction of sp³-hybridized carbons (Fsp3) is 0.333. The molecule has 0 aromatic carbocycles. The van der Waals surface area contributed by atoms with Crippen LogP contribution < -0.4 is 0 Å². The molecule has 0 unspecified atom stereocenters. The van der Waals surface area contributed by atoms with Crippen LogP contribution in [0, 0.1) is 0 Å². The molecule has 0 aliphatic rings. The molecule has 0 saturated heterocycles. The molecule has 112 valence electrons. The molecular formula is C15H15Cl2NO2S. The first-order valence-corrected chi connectivity index (χ1v) is 8.26. The van der Waals surface area contributed by atoms with Crippen LogP contribution in [0.1, 0.15) is 36.3 Å². The van der Waals surface area contributed by atoms with Crippen LogP contribution in [0.25, 0.3) is 11.3 Å². The normalized spacial score (nSPS) is 10.7. The molecule has 0 aliphatic carbocycles. The summed E-state index contributed by atoms with van der Waals surface area (Å²) in [6, 6.07) is 5.31. The van der Waals surface area contributed by atoms with Crippen molar-refractivity contribution in [2.24, 2.45) is 0 Å². The maximum absolute atomic E-state index is 12.0. The van der Waals surface area contributed by atoms with Crippen molar-refractivity contribution >= 4 is 40.5 Å². The van der Waals surface area contributed by atoms with Crippen LogP contribution in [-0.4, -0.2) is 17.6 Å². The van der Waals surface area contributed by atoms with Crippen LogP contribution in [0.5, 0.6) is 0 Å². The molecule has 0 amide bonds. The highest BCUT2D eigenvalue weighted by Gasteiger charge is 2.16. The Morgan fingerprint density at radius 2 is 2.10 bits per heavy atom. The van der Waals surface area contributed by atoms with E-state index in [9.17, 15) is 4.79 Å². The summed E-state index contributed by atoms with van der Waals surface area (Å²) in [6.07, 6.45) is 1.60. The first kappa shape index (κ1) is 16.3. The van der Waals surface area contributed by atoms with E-state index >= 15 is 0 Å². The standard InChI is InChI=1S/C15H15Cl2NO2S/c1-3-5-11-9(15(19)20-4-2)6-7-12(18-11)10-8-13(16)21-14(10)17/h6-8H,3-5H2,1-2H3. The van der Waals surface area contributed by atoms with Crippen LogP contribution in [0.2, 0.25) is 8.67 Å². The topological polar surface area (TPSA) is 39.2 Å². The molecule has 0 aliphatic heterocycles. The SMILES string of the molecule is CCCc1nc(-c2cc(Cl)sc2Cl)ccc1C(=O)OCC. The Labute approximate surface area is 137 Å². The zero-order valence-electron chi connectivity index (χ0n) is 11.8. The molecule has 0 bridgehead atoms. The number of hydrogen-bond acceptors (Lipinski definition) is 4. The lowest BCUT2D eigenvalue weighted by Gasteiger charge is -2.09. The van der Waals surface area contributed by atoms with Gasteiger partial charge in [-0.25, -0.2) is 4.79 Å². The van der Waals surface area contributed by atoms with Gasteiger partial charge in [0.15, 0.2) is 0 Å². The molecule has 3 nitrogen and oxygen atoms in total. The molecule has 0 saturated carbocycles. The van der Waals surface area contributed by atoms with Crippen LogP contribution >= 0.6 is 34.5 Å². The van der Waals surface area contributed by atoms with Gasteiger partial charge in [-0.1, -0.05) is 36.5 Å². The number of halogens is 2. The van der Waals surface area contributed by atoms with E-state index in [1.165, 1.54) is 11.3 Å². The Hall–Kier alpha value is -1.10. The highest BCUT2D eigenvalue weighted by Crippen LogP contribution is 2.37. The van der Waals surface area contributed by atoms with E-state index in [0.717, 1.165) is 23.4 Å². The van der Waals surface area contributed by atoms with Gasteiger partial charge in [-0.2, -0.15) is 0 Å². The third-order valence-corrected chi connectivity index (χ3v) is 4.38. The first-order valence-electron chi connectivity index (χ1n) is 6.69. The zero-order valence-corrected chi connectivity index (χ0v) is 14.1. The lowest BCUT2D eigenvalue weighted by Crippen LogP contribution is -2.10. The summed E-state index contributed by atoms with van der Waals surface area (Å²) in [6.45, 7) is 4.17. The van der Waals surface area contributed by atoms with Crippen molar-refractivity contribution in [3.8, 4) is 11.3 Å². The molecule has 6 heteroatoms. The van der Waals surface area contributed by atoms with Crippen molar-refractivity contribution in [3.63, 3.8) is 0 Å². The number of thiophene rings is 1. The summed E-state index contributed by atoms with van der Waals surface area (Å²) in [5, 5.41) is 0. The molecule has 0 spiro atoms. The fourth-order valence-electron chi connectivity index (χ4n) is 1.99. The number of esters is 1. The Balaban J connectivity index is 2.44. The minimum Gasteiger partial charge on any atom is -0.462 e. The van der Waals surface area contributed by atoms with Gasteiger partial charge in [-0.3, -0.25) is 4.98 Å². The number of hydrogen-bond donors (Lipinski definition) is 0. The van der Waals surface area contributed by atoms with Gasteiger partial charge in [-0.15, -0.1) is 11.3 Å². The molecule has 0 fully saturated rings. The van der Waals surface area contributed by atoms with E-state index in [2.05, 4.69) is 4.98 Å². The van der Waals surface area contributed by atoms with Crippen LogP contribution in [-0.2, 0) is 11.2 Å².